The first-order chi connectivity index (χ1) is 28.5. The zero-order valence-corrected chi connectivity index (χ0v) is 40.7. The van der Waals surface area contributed by atoms with E-state index in [9.17, 15) is 19.4 Å². The number of amides is 1. The van der Waals surface area contributed by atoms with Crippen LogP contribution in [0, 0.1) is 0 Å². The predicted octanol–water partition coefficient (Wildman–Crippen LogP) is 14.5. The van der Waals surface area contributed by atoms with Crippen molar-refractivity contribution in [2.45, 2.75) is 251 Å². The van der Waals surface area contributed by atoms with Crippen molar-refractivity contribution in [3.63, 3.8) is 0 Å². The maximum absolute atomic E-state index is 12.9. The van der Waals surface area contributed by atoms with E-state index in [-0.39, 0.29) is 19.1 Å². The van der Waals surface area contributed by atoms with Gasteiger partial charge in [0.05, 0.1) is 39.9 Å². The van der Waals surface area contributed by atoms with Crippen molar-refractivity contribution in [3.8, 4) is 0 Å². The Morgan fingerprint density at radius 2 is 0.932 bits per heavy atom. The van der Waals surface area contributed by atoms with Gasteiger partial charge in [-0.05, 0) is 32.1 Å². The second kappa shape index (κ2) is 42.3. The minimum atomic E-state index is -4.35. The topological polar surface area (TPSA) is 105 Å². The summed E-state index contributed by atoms with van der Waals surface area (Å²) >= 11 is 0. The Labute approximate surface area is 366 Å². The van der Waals surface area contributed by atoms with Gasteiger partial charge in [-0.1, -0.05) is 224 Å². The normalized spacial score (nSPS) is 14.4. The molecule has 0 bridgehead atoms. The summed E-state index contributed by atoms with van der Waals surface area (Å²) in [5, 5.41) is 13.9. The Morgan fingerprint density at radius 1 is 0.559 bits per heavy atom. The highest BCUT2D eigenvalue weighted by molar-refractivity contribution is 7.47. The summed E-state index contributed by atoms with van der Waals surface area (Å²) in [5.41, 5.74) is 0. The molecule has 0 saturated carbocycles. The number of allylic oxidation sites excluding steroid dienone is 3. The molecule has 0 fully saturated rings. The van der Waals surface area contributed by atoms with Crippen LogP contribution in [0.3, 0.4) is 0 Å². The molecule has 3 unspecified atom stereocenters. The lowest BCUT2D eigenvalue weighted by Gasteiger charge is -2.25. The number of nitrogens with zero attached hydrogens (tertiary/aromatic N) is 1. The van der Waals surface area contributed by atoms with Gasteiger partial charge < -0.3 is 19.8 Å². The van der Waals surface area contributed by atoms with Crippen LogP contribution < -0.4 is 5.32 Å². The average Bonchev–Trinajstić information content (AvgIpc) is 3.19. The molecule has 0 rings (SSSR count). The minimum absolute atomic E-state index is 0.0585. The van der Waals surface area contributed by atoms with E-state index >= 15 is 0 Å². The third-order valence-electron chi connectivity index (χ3n) is 11.4. The smallest absolute Gasteiger partial charge is 0.387 e. The van der Waals surface area contributed by atoms with Gasteiger partial charge in [-0.3, -0.25) is 13.8 Å². The van der Waals surface area contributed by atoms with Crippen molar-refractivity contribution in [1.82, 2.24) is 5.32 Å². The van der Waals surface area contributed by atoms with Crippen molar-refractivity contribution in [3.05, 3.63) is 24.3 Å². The zero-order valence-electron chi connectivity index (χ0n) is 39.8. The highest BCUT2D eigenvalue weighted by Gasteiger charge is 2.27. The van der Waals surface area contributed by atoms with E-state index < -0.39 is 20.0 Å². The molecule has 59 heavy (non-hydrogen) atoms. The van der Waals surface area contributed by atoms with E-state index in [1.165, 1.54) is 180 Å². The predicted molar refractivity (Wildman–Crippen MR) is 254 cm³/mol. The molecule has 0 aliphatic heterocycles. The number of carbonyl (C=O) groups is 1. The number of aliphatic hydroxyl groups excluding tert-OH is 1. The van der Waals surface area contributed by atoms with E-state index in [0.717, 1.165) is 38.5 Å². The second-order valence-corrected chi connectivity index (χ2v) is 20.0. The number of likely N-dealkylation sites (N-methyl/N-ethyl adjacent to an activating group) is 1. The van der Waals surface area contributed by atoms with Gasteiger partial charge in [0, 0.05) is 6.42 Å². The number of aliphatic hydroxyl groups is 1. The molecule has 3 atom stereocenters. The number of hydrogen-bond donors (Lipinski definition) is 3. The fourth-order valence-corrected chi connectivity index (χ4v) is 8.15. The molecule has 0 aliphatic rings. The Morgan fingerprint density at radius 3 is 1.36 bits per heavy atom. The lowest BCUT2D eigenvalue weighted by Crippen LogP contribution is -2.45. The molecule has 8 nitrogen and oxygen atoms in total. The minimum Gasteiger partial charge on any atom is -0.387 e. The summed E-state index contributed by atoms with van der Waals surface area (Å²) in [7, 11) is 1.56. The van der Waals surface area contributed by atoms with Crippen molar-refractivity contribution >= 4 is 13.7 Å². The first-order valence-corrected chi connectivity index (χ1v) is 26.7. The van der Waals surface area contributed by atoms with Crippen LogP contribution in [0.15, 0.2) is 24.3 Å². The second-order valence-electron chi connectivity index (χ2n) is 18.5. The van der Waals surface area contributed by atoms with E-state index in [1.807, 2.05) is 27.2 Å². The Bertz CT molecular complexity index is 1020. The molecule has 0 spiro atoms. The van der Waals surface area contributed by atoms with Crippen molar-refractivity contribution in [2.24, 2.45) is 0 Å². The van der Waals surface area contributed by atoms with E-state index in [2.05, 4.69) is 31.3 Å². The Balaban J connectivity index is 4.35. The monoisotopic (exact) mass is 856 g/mol. The van der Waals surface area contributed by atoms with Crippen molar-refractivity contribution < 1.29 is 32.9 Å². The molecule has 9 heteroatoms. The van der Waals surface area contributed by atoms with Gasteiger partial charge in [0.25, 0.3) is 0 Å². The number of nitrogens with one attached hydrogen (secondary N) is 1. The lowest BCUT2D eigenvalue weighted by atomic mass is 10.0. The summed E-state index contributed by atoms with van der Waals surface area (Å²) in [6, 6.07) is -0.858. The average molecular weight is 856 g/mol. The van der Waals surface area contributed by atoms with Crippen LogP contribution in [0.2, 0.25) is 0 Å². The maximum Gasteiger partial charge on any atom is 0.472 e. The lowest BCUT2D eigenvalue weighted by molar-refractivity contribution is -0.870. The van der Waals surface area contributed by atoms with Crippen LogP contribution in [-0.4, -0.2) is 73.4 Å². The quantitative estimate of drug-likeness (QED) is 0.0244. The summed E-state index contributed by atoms with van der Waals surface area (Å²) in [6.07, 6.45) is 51.1. The molecule has 0 aromatic heterocycles. The SMILES string of the molecule is CCCCCCCCCCCCCCCCC/C=C/CC/C=C/C(O)C(COP(=O)(O)OCC[N+](C)(C)C)NC(=O)CCCCCCCCCCCCCCCCCC. The summed E-state index contributed by atoms with van der Waals surface area (Å²) in [6.45, 7) is 4.82. The van der Waals surface area contributed by atoms with E-state index in [0.29, 0.717) is 17.4 Å². The van der Waals surface area contributed by atoms with E-state index in [4.69, 9.17) is 9.05 Å². The molecule has 3 N–H and O–H groups in total. The third kappa shape index (κ3) is 44.8. The van der Waals surface area contributed by atoms with Gasteiger partial charge in [-0.15, -0.1) is 0 Å². The van der Waals surface area contributed by atoms with Gasteiger partial charge in [-0.2, -0.15) is 0 Å². The number of phosphoric acid groups is 1. The van der Waals surface area contributed by atoms with Crippen LogP contribution in [0.4, 0.5) is 0 Å². The number of phosphoric ester groups is 1. The van der Waals surface area contributed by atoms with Gasteiger partial charge in [-0.25, -0.2) is 4.57 Å². The van der Waals surface area contributed by atoms with Crippen LogP contribution in [0.25, 0.3) is 0 Å². The van der Waals surface area contributed by atoms with Crippen LogP contribution in [0.5, 0.6) is 0 Å². The summed E-state index contributed by atoms with van der Waals surface area (Å²) in [5.74, 6) is -0.183. The van der Waals surface area contributed by atoms with Crippen molar-refractivity contribution in [2.75, 3.05) is 40.9 Å². The molecule has 0 saturated heterocycles. The summed E-state index contributed by atoms with van der Waals surface area (Å²) in [4.78, 5) is 23.2. The molecule has 0 aliphatic carbocycles. The first-order valence-electron chi connectivity index (χ1n) is 25.2. The van der Waals surface area contributed by atoms with Crippen LogP contribution in [-0.2, 0) is 18.4 Å². The number of hydrogen-bond acceptors (Lipinski definition) is 5. The molecular weight excluding hydrogens is 756 g/mol. The summed E-state index contributed by atoms with van der Waals surface area (Å²) < 4.78 is 23.6. The molecule has 0 heterocycles. The molecular formula is C50H100N2O6P+. The zero-order chi connectivity index (χ0) is 43.6. The molecule has 1 amide bonds. The highest BCUT2D eigenvalue weighted by Crippen LogP contribution is 2.43. The number of rotatable bonds is 46. The standard InChI is InChI=1S/C50H99N2O6P/c1-6-8-10-12-14-16-18-20-22-24-25-26-27-28-29-31-33-35-37-39-41-43-49(53)48(47-58-59(55,56)57-46-45-52(3,4)5)51-50(54)44-42-40-38-36-34-32-30-23-21-19-17-15-13-11-9-7-2/h33,35,41,43,48-49,53H,6-32,34,36-40,42,44-47H2,1-5H3,(H-,51,54,55,56)/p+1/b35-33+,43-41+. The fraction of sp³-hybridized carbons (Fsp3) is 0.900. The van der Waals surface area contributed by atoms with Gasteiger partial charge in [0.15, 0.2) is 0 Å². The number of carbonyl (C=O) groups excluding carboxylic acids is 1. The number of quaternary nitrogens is 1. The largest absolute Gasteiger partial charge is 0.472 e. The molecule has 0 aromatic rings. The van der Waals surface area contributed by atoms with Gasteiger partial charge >= 0.3 is 7.82 Å². The molecule has 0 radical (unpaired) electrons. The fourth-order valence-electron chi connectivity index (χ4n) is 7.41. The Hall–Kier alpha value is -1.02. The first kappa shape index (κ1) is 58.0. The maximum atomic E-state index is 12.9. The highest BCUT2D eigenvalue weighted by atomic mass is 31.2. The van der Waals surface area contributed by atoms with Gasteiger partial charge in [0.2, 0.25) is 5.91 Å². The van der Waals surface area contributed by atoms with Crippen LogP contribution in [0.1, 0.15) is 239 Å². The Kier molecular flexibility index (Phi) is 41.6. The van der Waals surface area contributed by atoms with Crippen LogP contribution >= 0.6 is 7.82 Å². The third-order valence-corrected chi connectivity index (χ3v) is 12.4. The van der Waals surface area contributed by atoms with E-state index in [1.54, 1.807) is 6.08 Å². The number of unbranched alkanes of at least 4 members (excludes halogenated alkanes) is 31. The molecule has 0 aromatic carbocycles. The molecule has 350 valence electrons. The van der Waals surface area contributed by atoms with Gasteiger partial charge in [0.1, 0.15) is 13.2 Å². The van der Waals surface area contributed by atoms with Crippen molar-refractivity contribution in [1.29, 1.82) is 0 Å².